The van der Waals surface area contributed by atoms with Crippen molar-refractivity contribution in [2.24, 2.45) is 0 Å². The summed E-state index contributed by atoms with van der Waals surface area (Å²) in [6, 6.07) is 18.3. The Hall–Kier alpha value is -3.27. The van der Waals surface area contributed by atoms with E-state index in [0.717, 1.165) is 17.1 Å². The minimum absolute atomic E-state index is 0.00717. The first-order valence-corrected chi connectivity index (χ1v) is 15.0. The Morgan fingerprint density at radius 2 is 1.68 bits per heavy atom. The number of sulfonamides is 1. The lowest BCUT2D eigenvalue weighted by atomic mass is 10.1. The number of unbranched alkanes of at least 4 members (excludes halogenated alkanes) is 1. The normalized spacial score (nSPS) is 11.9. The number of rotatable bonds is 13. The largest absolute Gasteiger partial charge is 0.495 e. The Morgan fingerprint density at radius 3 is 2.33 bits per heavy atom. The van der Waals surface area contributed by atoms with Crippen LogP contribution in [0.15, 0.2) is 77.7 Å². The van der Waals surface area contributed by atoms with Crippen molar-refractivity contribution in [3.63, 3.8) is 0 Å². The SMILES string of the molecule is CCCCNC(=O)[C@@H](C)N(Cc1ccccc1Cl)C(=O)CN(c1cc(Cl)ccc1OC)S(=O)(=O)c1ccccc1. The second-order valence-electron chi connectivity index (χ2n) is 9.07. The maximum Gasteiger partial charge on any atom is 0.264 e. The van der Waals surface area contributed by atoms with Gasteiger partial charge in [0, 0.05) is 23.1 Å². The topological polar surface area (TPSA) is 96.0 Å². The van der Waals surface area contributed by atoms with Crippen molar-refractivity contribution >= 4 is 50.7 Å². The molecule has 0 spiro atoms. The molecule has 8 nitrogen and oxygen atoms in total. The van der Waals surface area contributed by atoms with E-state index in [-0.39, 0.29) is 33.8 Å². The van der Waals surface area contributed by atoms with Crippen molar-refractivity contribution in [3.05, 3.63) is 88.4 Å². The predicted octanol–water partition coefficient (Wildman–Crippen LogP) is 5.53. The van der Waals surface area contributed by atoms with Crippen LogP contribution in [0, 0.1) is 0 Å². The van der Waals surface area contributed by atoms with Crippen LogP contribution in [0.4, 0.5) is 5.69 Å². The molecule has 40 heavy (non-hydrogen) atoms. The van der Waals surface area contributed by atoms with Crippen LogP contribution >= 0.6 is 23.2 Å². The van der Waals surface area contributed by atoms with E-state index in [0.29, 0.717) is 17.1 Å². The van der Waals surface area contributed by atoms with Crippen LogP contribution in [-0.2, 0) is 26.2 Å². The highest BCUT2D eigenvalue weighted by molar-refractivity contribution is 7.92. The van der Waals surface area contributed by atoms with Crippen molar-refractivity contribution in [1.82, 2.24) is 10.2 Å². The van der Waals surface area contributed by atoms with E-state index in [1.165, 1.54) is 36.3 Å². The molecule has 2 amide bonds. The van der Waals surface area contributed by atoms with Gasteiger partial charge in [-0.1, -0.05) is 72.9 Å². The zero-order valence-corrected chi connectivity index (χ0v) is 25.0. The quantitative estimate of drug-likeness (QED) is 0.258. The second-order valence-corrected chi connectivity index (χ2v) is 11.8. The van der Waals surface area contributed by atoms with Gasteiger partial charge in [-0.05, 0) is 55.3 Å². The molecule has 0 saturated carbocycles. The molecular formula is C29H33Cl2N3O5S. The molecule has 1 N–H and O–H groups in total. The van der Waals surface area contributed by atoms with E-state index in [1.54, 1.807) is 55.5 Å². The Morgan fingerprint density at radius 1 is 1.00 bits per heavy atom. The van der Waals surface area contributed by atoms with Crippen LogP contribution < -0.4 is 14.4 Å². The number of anilines is 1. The number of halogens is 2. The summed E-state index contributed by atoms with van der Waals surface area (Å²) in [6.07, 6.45) is 1.68. The third-order valence-electron chi connectivity index (χ3n) is 6.32. The van der Waals surface area contributed by atoms with Crippen molar-refractivity contribution < 1.29 is 22.7 Å². The van der Waals surface area contributed by atoms with Crippen LogP contribution in [0.25, 0.3) is 0 Å². The van der Waals surface area contributed by atoms with Gasteiger partial charge in [-0.25, -0.2) is 8.42 Å². The molecular weight excluding hydrogens is 573 g/mol. The number of methoxy groups -OCH3 is 1. The van der Waals surface area contributed by atoms with E-state index in [9.17, 15) is 18.0 Å². The number of nitrogens with zero attached hydrogens (tertiary/aromatic N) is 2. The fourth-order valence-corrected chi connectivity index (χ4v) is 5.82. The smallest absolute Gasteiger partial charge is 0.264 e. The number of benzene rings is 3. The minimum atomic E-state index is -4.26. The number of carbonyl (C=O) groups excluding carboxylic acids is 2. The van der Waals surface area contributed by atoms with Gasteiger partial charge in [-0.3, -0.25) is 13.9 Å². The molecule has 3 aromatic carbocycles. The number of hydrogen-bond acceptors (Lipinski definition) is 5. The zero-order valence-electron chi connectivity index (χ0n) is 22.6. The highest BCUT2D eigenvalue weighted by Crippen LogP contribution is 2.35. The van der Waals surface area contributed by atoms with Gasteiger partial charge in [0.2, 0.25) is 11.8 Å². The first kappa shape index (κ1) is 31.3. The molecule has 0 aromatic heterocycles. The van der Waals surface area contributed by atoms with Crippen LogP contribution in [0.1, 0.15) is 32.3 Å². The van der Waals surface area contributed by atoms with Crippen LogP contribution in [0.3, 0.4) is 0 Å². The van der Waals surface area contributed by atoms with Crippen molar-refractivity contribution in [2.75, 3.05) is 24.5 Å². The highest BCUT2D eigenvalue weighted by Gasteiger charge is 2.34. The predicted molar refractivity (Wildman–Crippen MR) is 158 cm³/mol. The summed E-state index contributed by atoms with van der Waals surface area (Å²) in [5.74, 6) is -0.758. The third kappa shape index (κ3) is 7.68. The first-order valence-electron chi connectivity index (χ1n) is 12.8. The Bertz CT molecular complexity index is 1420. The third-order valence-corrected chi connectivity index (χ3v) is 8.69. The Kier molecular flexibility index (Phi) is 11.2. The molecule has 0 heterocycles. The summed E-state index contributed by atoms with van der Waals surface area (Å²) in [7, 11) is -2.86. The average molecular weight is 607 g/mol. The van der Waals surface area contributed by atoms with E-state index in [1.807, 2.05) is 6.92 Å². The van der Waals surface area contributed by atoms with E-state index in [2.05, 4.69) is 5.32 Å². The number of ether oxygens (including phenoxy) is 1. The lowest BCUT2D eigenvalue weighted by Gasteiger charge is -2.32. The molecule has 0 aliphatic rings. The Balaban J connectivity index is 2.07. The minimum Gasteiger partial charge on any atom is -0.495 e. The van der Waals surface area contributed by atoms with E-state index >= 15 is 0 Å². The number of hydrogen-bond donors (Lipinski definition) is 1. The van der Waals surface area contributed by atoms with Gasteiger partial charge in [-0.15, -0.1) is 0 Å². The highest BCUT2D eigenvalue weighted by atomic mass is 35.5. The number of carbonyl (C=O) groups is 2. The molecule has 0 aliphatic heterocycles. The summed E-state index contributed by atoms with van der Waals surface area (Å²) in [5.41, 5.74) is 0.702. The van der Waals surface area contributed by atoms with Crippen LogP contribution in [0.5, 0.6) is 5.75 Å². The molecule has 0 bridgehead atoms. The monoisotopic (exact) mass is 605 g/mol. The number of nitrogens with one attached hydrogen (secondary N) is 1. The average Bonchev–Trinajstić information content (AvgIpc) is 2.95. The lowest BCUT2D eigenvalue weighted by molar-refractivity contribution is -0.139. The fraction of sp³-hybridized carbons (Fsp3) is 0.310. The maximum absolute atomic E-state index is 14.0. The zero-order chi connectivity index (χ0) is 29.3. The van der Waals surface area contributed by atoms with E-state index in [4.69, 9.17) is 27.9 Å². The van der Waals surface area contributed by atoms with Gasteiger partial charge in [0.25, 0.3) is 10.0 Å². The van der Waals surface area contributed by atoms with Gasteiger partial charge in [-0.2, -0.15) is 0 Å². The first-order chi connectivity index (χ1) is 19.1. The van der Waals surface area contributed by atoms with Crippen LogP contribution in [0.2, 0.25) is 10.0 Å². The second kappa shape index (κ2) is 14.4. The molecule has 3 rings (SSSR count). The summed E-state index contributed by atoms with van der Waals surface area (Å²) in [5, 5.41) is 3.53. The maximum atomic E-state index is 14.0. The van der Waals surface area contributed by atoms with Gasteiger partial charge < -0.3 is 15.0 Å². The molecule has 0 radical (unpaired) electrons. The summed E-state index contributed by atoms with van der Waals surface area (Å²) >= 11 is 12.6. The van der Waals surface area contributed by atoms with Gasteiger partial charge in [0.1, 0.15) is 18.3 Å². The Labute approximate surface area is 245 Å². The standard InChI is InChI=1S/C29H33Cl2N3O5S/c1-4-5-17-32-29(36)21(2)33(19-22-11-9-10-14-25(22)31)28(35)20-34(26-18-23(30)15-16-27(26)39-3)40(37,38)24-12-7-6-8-13-24/h6-16,18,21H,4-5,17,19-20H2,1-3H3,(H,32,36)/t21-/m1/s1. The van der Waals surface area contributed by atoms with Gasteiger partial charge >= 0.3 is 0 Å². The van der Waals surface area contributed by atoms with Gasteiger partial charge in [0.15, 0.2) is 0 Å². The van der Waals surface area contributed by atoms with Crippen molar-refractivity contribution in [2.45, 2.75) is 44.2 Å². The van der Waals surface area contributed by atoms with Crippen LogP contribution in [-0.4, -0.2) is 51.4 Å². The van der Waals surface area contributed by atoms with E-state index < -0.39 is 28.5 Å². The fourth-order valence-electron chi connectivity index (χ4n) is 4.02. The molecule has 0 fully saturated rings. The molecule has 0 aliphatic carbocycles. The molecule has 0 unspecified atom stereocenters. The summed E-state index contributed by atoms with van der Waals surface area (Å²) in [6.45, 7) is 3.44. The van der Waals surface area contributed by atoms with Gasteiger partial charge in [0.05, 0.1) is 17.7 Å². The summed E-state index contributed by atoms with van der Waals surface area (Å²) < 4.78 is 34.2. The molecule has 3 aromatic rings. The van der Waals surface area contributed by atoms with Crippen molar-refractivity contribution in [3.8, 4) is 5.75 Å². The molecule has 0 saturated heterocycles. The molecule has 11 heteroatoms. The molecule has 214 valence electrons. The number of amides is 2. The summed E-state index contributed by atoms with van der Waals surface area (Å²) in [4.78, 5) is 28.4. The van der Waals surface area contributed by atoms with Crippen molar-refractivity contribution in [1.29, 1.82) is 0 Å². The lowest BCUT2D eigenvalue weighted by Crippen LogP contribution is -2.51. The molecule has 1 atom stereocenters.